The lowest BCUT2D eigenvalue weighted by atomic mass is 10.1. The SMILES string of the molecule is COCc1cccc(CNCc2ccc(S(N)(=O)=O)o2)c1. The molecule has 0 amide bonds. The molecule has 0 saturated carbocycles. The molecule has 0 aliphatic carbocycles. The maximum atomic E-state index is 11.1. The second-order valence-electron chi connectivity index (χ2n) is 4.62. The third-order valence-corrected chi connectivity index (χ3v) is 3.63. The fourth-order valence-corrected chi connectivity index (χ4v) is 2.41. The van der Waals surface area contributed by atoms with Crippen molar-refractivity contribution in [3.05, 3.63) is 53.3 Å². The Hall–Kier alpha value is -1.67. The molecule has 6 nitrogen and oxygen atoms in total. The molecule has 0 atom stereocenters. The van der Waals surface area contributed by atoms with Crippen molar-refractivity contribution in [3.63, 3.8) is 0 Å². The number of rotatable bonds is 7. The van der Waals surface area contributed by atoms with E-state index in [1.54, 1.807) is 13.2 Å². The Bertz CT molecular complexity index is 695. The van der Waals surface area contributed by atoms with E-state index in [2.05, 4.69) is 11.4 Å². The van der Waals surface area contributed by atoms with E-state index >= 15 is 0 Å². The van der Waals surface area contributed by atoms with Crippen molar-refractivity contribution in [2.75, 3.05) is 7.11 Å². The molecule has 0 bridgehead atoms. The van der Waals surface area contributed by atoms with Crippen LogP contribution >= 0.6 is 0 Å². The fraction of sp³-hybridized carbons (Fsp3) is 0.286. The van der Waals surface area contributed by atoms with Crippen LogP contribution in [0.4, 0.5) is 0 Å². The number of methoxy groups -OCH3 is 1. The van der Waals surface area contributed by atoms with Crippen LogP contribution in [-0.4, -0.2) is 15.5 Å². The van der Waals surface area contributed by atoms with Gasteiger partial charge < -0.3 is 14.5 Å². The largest absolute Gasteiger partial charge is 0.447 e. The van der Waals surface area contributed by atoms with Crippen LogP contribution in [0.25, 0.3) is 0 Å². The molecule has 21 heavy (non-hydrogen) atoms. The molecule has 114 valence electrons. The molecule has 1 aromatic carbocycles. The molecule has 0 fully saturated rings. The van der Waals surface area contributed by atoms with Gasteiger partial charge in [-0.2, -0.15) is 0 Å². The van der Waals surface area contributed by atoms with Gasteiger partial charge in [-0.1, -0.05) is 24.3 Å². The van der Waals surface area contributed by atoms with Gasteiger partial charge in [0.25, 0.3) is 10.0 Å². The van der Waals surface area contributed by atoms with Gasteiger partial charge in [0.2, 0.25) is 5.09 Å². The highest BCUT2D eigenvalue weighted by atomic mass is 32.2. The van der Waals surface area contributed by atoms with Crippen molar-refractivity contribution in [1.82, 2.24) is 5.32 Å². The van der Waals surface area contributed by atoms with Gasteiger partial charge in [0.1, 0.15) is 5.76 Å². The second kappa shape index (κ2) is 6.86. The zero-order valence-corrected chi connectivity index (χ0v) is 12.5. The first kappa shape index (κ1) is 15.7. The van der Waals surface area contributed by atoms with E-state index in [0.29, 0.717) is 25.5 Å². The third kappa shape index (κ3) is 4.68. The molecule has 2 rings (SSSR count). The average molecular weight is 310 g/mol. The molecule has 0 aliphatic heterocycles. The first-order chi connectivity index (χ1) is 9.99. The van der Waals surface area contributed by atoms with E-state index in [-0.39, 0.29) is 5.09 Å². The lowest BCUT2D eigenvalue weighted by Gasteiger charge is -2.05. The third-order valence-electron chi connectivity index (χ3n) is 2.85. The highest BCUT2D eigenvalue weighted by Crippen LogP contribution is 2.12. The van der Waals surface area contributed by atoms with Crippen LogP contribution in [0.15, 0.2) is 45.9 Å². The Morgan fingerprint density at radius 3 is 2.62 bits per heavy atom. The monoisotopic (exact) mass is 310 g/mol. The summed E-state index contributed by atoms with van der Waals surface area (Å²) in [7, 11) is -2.12. The standard InChI is InChI=1S/C14H18N2O4S/c1-19-10-12-4-2-3-11(7-12)8-16-9-13-5-6-14(20-13)21(15,17)18/h2-7,16H,8-10H2,1H3,(H2,15,17,18). The quantitative estimate of drug-likeness (QED) is 0.805. The Morgan fingerprint density at radius 2 is 1.95 bits per heavy atom. The number of hydrogen-bond acceptors (Lipinski definition) is 5. The van der Waals surface area contributed by atoms with Crippen molar-refractivity contribution in [1.29, 1.82) is 0 Å². The van der Waals surface area contributed by atoms with Gasteiger partial charge in [0.15, 0.2) is 0 Å². The van der Waals surface area contributed by atoms with E-state index in [1.165, 1.54) is 6.07 Å². The van der Waals surface area contributed by atoms with Crippen LogP contribution in [0.3, 0.4) is 0 Å². The van der Waals surface area contributed by atoms with Gasteiger partial charge in [-0.25, -0.2) is 13.6 Å². The Kier molecular flexibility index (Phi) is 5.13. The second-order valence-corrected chi connectivity index (χ2v) is 6.11. The highest BCUT2D eigenvalue weighted by Gasteiger charge is 2.12. The lowest BCUT2D eigenvalue weighted by Crippen LogP contribution is -2.13. The first-order valence-corrected chi connectivity index (χ1v) is 7.92. The van der Waals surface area contributed by atoms with Crippen LogP contribution in [0.5, 0.6) is 0 Å². The number of primary sulfonamides is 1. The summed E-state index contributed by atoms with van der Waals surface area (Å²) in [6.45, 7) is 1.64. The molecular formula is C14H18N2O4S. The maximum absolute atomic E-state index is 11.1. The number of furan rings is 1. The van der Waals surface area contributed by atoms with E-state index < -0.39 is 10.0 Å². The smallest absolute Gasteiger partial charge is 0.271 e. The van der Waals surface area contributed by atoms with Gasteiger partial charge in [-0.05, 0) is 23.3 Å². The van der Waals surface area contributed by atoms with Gasteiger partial charge in [-0.15, -0.1) is 0 Å². The molecule has 1 heterocycles. The molecule has 0 unspecified atom stereocenters. The molecule has 3 N–H and O–H groups in total. The molecule has 1 aromatic heterocycles. The van der Waals surface area contributed by atoms with Crippen molar-refractivity contribution in [2.45, 2.75) is 24.8 Å². The number of nitrogens with one attached hydrogen (secondary N) is 1. The summed E-state index contributed by atoms with van der Waals surface area (Å²) in [6.07, 6.45) is 0. The van der Waals surface area contributed by atoms with Crippen LogP contribution in [0, 0.1) is 0 Å². The Morgan fingerprint density at radius 1 is 1.19 bits per heavy atom. The minimum absolute atomic E-state index is 0.221. The number of hydrogen-bond donors (Lipinski definition) is 2. The van der Waals surface area contributed by atoms with Gasteiger partial charge >= 0.3 is 0 Å². The minimum atomic E-state index is -3.78. The van der Waals surface area contributed by atoms with Crippen molar-refractivity contribution in [3.8, 4) is 0 Å². The minimum Gasteiger partial charge on any atom is -0.447 e. The summed E-state index contributed by atoms with van der Waals surface area (Å²) in [5.41, 5.74) is 2.22. The first-order valence-electron chi connectivity index (χ1n) is 6.38. The topological polar surface area (TPSA) is 94.6 Å². The van der Waals surface area contributed by atoms with Crippen molar-refractivity contribution < 1.29 is 17.6 Å². The molecule has 7 heteroatoms. The average Bonchev–Trinajstić information content (AvgIpc) is 2.88. The predicted molar refractivity (Wildman–Crippen MR) is 77.8 cm³/mol. The van der Waals surface area contributed by atoms with E-state index in [9.17, 15) is 8.42 Å². The molecular weight excluding hydrogens is 292 g/mol. The number of nitrogens with two attached hydrogens (primary N) is 1. The number of ether oxygens (including phenoxy) is 1. The number of sulfonamides is 1. The van der Waals surface area contributed by atoms with Crippen molar-refractivity contribution in [2.24, 2.45) is 5.14 Å². The summed E-state index contributed by atoms with van der Waals surface area (Å²) in [5, 5.41) is 7.94. The zero-order chi connectivity index (χ0) is 15.3. The predicted octanol–water partition coefficient (Wildman–Crippen LogP) is 1.36. The Labute approximate surface area is 124 Å². The van der Waals surface area contributed by atoms with Gasteiger partial charge in [0, 0.05) is 13.7 Å². The molecule has 0 radical (unpaired) electrons. The fourth-order valence-electron chi connectivity index (χ4n) is 1.93. The van der Waals surface area contributed by atoms with Crippen LogP contribution in [0.2, 0.25) is 0 Å². The van der Waals surface area contributed by atoms with E-state index in [1.807, 2.05) is 18.2 Å². The highest BCUT2D eigenvalue weighted by molar-refractivity contribution is 7.89. The van der Waals surface area contributed by atoms with Gasteiger partial charge in [-0.3, -0.25) is 0 Å². The molecule has 0 spiro atoms. The normalized spacial score (nSPS) is 11.7. The number of benzene rings is 1. The molecule has 2 aromatic rings. The summed E-state index contributed by atoms with van der Waals surface area (Å²) < 4.78 is 32.4. The molecule has 0 saturated heterocycles. The van der Waals surface area contributed by atoms with Gasteiger partial charge in [0.05, 0.1) is 13.2 Å². The lowest BCUT2D eigenvalue weighted by molar-refractivity contribution is 0.185. The Balaban J connectivity index is 1.89. The zero-order valence-electron chi connectivity index (χ0n) is 11.7. The van der Waals surface area contributed by atoms with E-state index in [0.717, 1.165) is 11.1 Å². The van der Waals surface area contributed by atoms with Crippen LogP contribution in [0.1, 0.15) is 16.9 Å². The summed E-state index contributed by atoms with van der Waals surface area (Å²) in [5.74, 6) is 0.520. The van der Waals surface area contributed by atoms with Crippen LogP contribution < -0.4 is 10.5 Å². The van der Waals surface area contributed by atoms with Crippen molar-refractivity contribution >= 4 is 10.0 Å². The summed E-state index contributed by atoms with van der Waals surface area (Å²) in [4.78, 5) is 0. The van der Waals surface area contributed by atoms with Crippen LogP contribution in [-0.2, 0) is 34.5 Å². The molecule has 0 aliphatic rings. The summed E-state index contributed by atoms with van der Waals surface area (Å²) >= 11 is 0. The maximum Gasteiger partial charge on any atom is 0.271 e. The van der Waals surface area contributed by atoms with E-state index in [4.69, 9.17) is 14.3 Å². The summed E-state index contributed by atoms with van der Waals surface area (Å²) in [6, 6.07) is 11.0.